The smallest absolute Gasteiger partial charge is 0.146 e. The lowest BCUT2D eigenvalue weighted by atomic mass is 10.2. The number of thiazole rings is 1. The number of nitrogens with two attached hydrogens (primary N) is 1. The second-order valence-electron chi connectivity index (χ2n) is 4.23. The van der Waals surface area contributed by atoms with Crippen LogP contribution in [0.2, 0.25) is 0 Å². The van der Waals surface area contributed by atoms with Crippen molar-refractivity contribution in [3.8, 4) is 10.6 Å². The van der Waals surface area contributed by atoms with E-state index in [4.69, 9.17) is 5.73 Å². The number of aromatic nitrogens is 1. The molecule has 0 aliphatic heterocycles. The Morgan fingerprint density at radius 2 is 2.00 bits per heavy atom. The van der Waals surface area contributed by atoms with Crippen LogP contribution in [-0.4, -0.2) is 4.98 Å². The fourth-order valence-electron chi connectivity index (χ4n) is 1.83. The molecule has 0 spiro atoms. The number of nitrogen functional groups attached to an aromatic ring is 1. The van der Waals surface area contributed by atoms with E-state index in [1.165, 1.54) is 11.6 Å². The van der Waals surface area contributed by atoms with E-state index in [1.807, 2.05) is 12.1 Å². The molecule has 0 saturated carbocycles. The van der Waals surface area contributed by atoms with E-state index in [1.54, 1.807) is 23.5 Å². The molecule has 1 aromatic heterocycles. The predicted octanol–water partition coefficient (Wildman–Crippen LogP) is 3.99. The number of anilines is 1. The van der Waals surface area contributed by atoms with Crippen LogP contribution in [0.15, 0.2) is 36.4 Å². The summed E-state index contributed by atoms with van der Waals surface area (Å²) in [4.78, 5) is 4.54. The van der Waals surface area contributed by atoms with Crippen LogP contribution in [0.25, 0.3) is 20.8 Å². The van der Waals surface area contributed by atoms with Gasteiger partial charge in [0.05, 0.1) is 15.9 Å². The number of hydrogen-bond acceptors (Lipinski definition) is 3. The van der Waals surface area contributed by atoms with Crippen molar-refractivity contribution in [1.29, 1.82) is 0 Å². The van der Waals surface area contributed by atoms with Crippen LogP contribution in [0, 0.1) is 12.7 Å². The maximum atomic E-state index is 13.1. The minimum Gasteiger partial charge on any atom is -0.396 e. The quantitative estimate of drug-likeness (QED) is 0.670. The molecule has 0 unspecified atom stereocenters. The van der Waals surface area contributed by atoms with Crippen molar-refractivity contribution in [3.63, 3.8) is 0 Å². The van der Waals surface area contributed by atoms with Gasteiger partial charge >= 0.3 is 0 Å². The SMILES string of the molecule is Cc1ccc2nc(-c3ccc(F)c(N)c3)sc2c1. The summed E-state index contributed by atoms with van der Waals surface area (Å²) < 4.78 is 14.3. The number of rotatable bonds is 1. The standard InChI is InChI=1S/C14H11FN2S/c1-8-2-5-12-13(6-8)18-14(17-12)9-3-4-10(15)11(16)7-9/h2-7H,16H2,1H3. The molecule has 2 nitrogen and oxygen atoms in total. The van der Waals surface area contributed by atoms with Crippen molar-refractivity contribution >= 4 is 27.2 Å². The van der Waals surface area contributed by atoms with Gasteiger partial charge in [-0.3, -0.25) is 0 Å². The van der Waals surface area contributed by atoms with E-state index in [9.17, 15) is 4.39 Å². The van der Waals surface area contributed by atoms with Crippen LogP contribution < -0.4 is 5.73 Å². The zero-order chi connectivity index (χ0) is 12.7. The number of benzene rings is 2. The molecule has 2 N–H and O–H groups in total. The van der Waals surface area contributed by atoms with Gasteiger partial charge in [-0.2, -0.15) is 0 Å². The van der Waals surface area contributed by atoms with Gasteiger partial charge in [0.2, 0.25) is 0 Å². The Morgan fingerprint density at radius 3 is 2.78 bits per heavy atom. The summed E-state index contributed by atoms with van der Waals surface area (Å²) >= 11 is 1.59. The lowest BCUT2D eigenvalue weighted by Crippen LogP contribution is -1.90. The van der Waals surface area contributed by atoms with Crippen LogP contribution in [0.4, 0.5) is 10.1 Å². The van der Waals surface area contributed by atoms with Crippen LogP contribution >= 0.6 is 11.3 Å². The highest BCUT2D eigenvalue weighted by atomic mass is 32.1. The lowest BCUT2D eigenvalue weighted by Gasteiger charge is -1.99. The molecule has 3 aromatic rings. The third kappa shape index (κ3) is 1.84. The molecule has 0 saturated heterocycles. The van der Waals surface area contributed by atoms with Crippen molar-refractivity contribution in [2.75, 3.05) is 5.73 Å². The highest BCUT2D eigenvalue weighted by Crippen LogP contribution is 2.31. The van der Waals surface area contributed by atoms with E-state index in [0.717, 1.165) is 20.8 Å². The van der Waals surface area contributed by atoms with Crippen molar-refractivity contribution in [3.05, 3.63) is 47.8 Å². The highest BCUT2D eigenvalue weighted by molar-refractivity contribution is 7.21. The summed E-state index contributed by atoms with van der Waals surface area (Å²) in [5.41, 5.74) is 8.75. The monoisotopic (exact) mass is 258 g/mol. The van der Waals surface area contributed by atoms with Gasteiger partial charge in [-0.05, 0) is 42.8 Å². The molecule has 4 heteroatoms. The topological polar surface area (TPSA) is 38.9 Å². The third-order valence-corrected chi connectivity index (χ3v) is 3.85. The number of halogens is 1. The van der Waals surface area contributed by atoms with Gasteiger partial charge in [0, 0.05) is 5.56 Å². The number of fused-ring (bicyclic) bond motifs is 1. The number of nitrogens with zero attached hydrogens (tertiary/aromatic N) is 1. The first-order valence-electron chi connectivity index (χ1n) is 5.56. The second kappa shape index (κ2) is 4.07. The summed E-state index contributed by atoms with van der Waals surface area (Å²) in [6.07, 6.45) is 0. The third-order valence-electron chi connectivity index (χ3n) is 2.79. The molecule has 1 heterocycles. The Hall–Kier alpha value is -1.94. The molecule has 3 rings (SSSR count). The number of aryl methyl sites for hydroxylation is 1. The minimum atomic E-state index is -0.393. The Kier molecular flexibility index (Phi) is 2.52. The summed E-state index contributed by atoms with van der Waals surface area (Å²) in [5, 5.41) is 0.863. The molecule has 0 fully saturated rings. The average molecular weight is 258 g/mol. The van der Waals surface area contributed by atoms with E-state index >= 15 is 0 Å². The first-order chi connectivity index (χ1) is 8.63. The minimum absolute atomic E-state index is 0.155. The molecular formula is C14H11FN2S. The maximum Gasteiger partial charge on any atom is 0.146 e. The summed E-state index contributed by atoms with van der Waals surface area (Å²) in [6.45, 7) is 2.05. The van der Waals surface area contributed by atoms with E-state index < -0.39 is 5.82 Å². The van der Waals surface area contributed by atoms with Crippen molar-refractivity contribution in [2.45, 2.75) is 6.92 Å². The second-order valence-corrected chi connectivity index (χ2v) is 5.26. The zero-order valence-electron chi connectivity index (χ0n) is 9.77. The van der Waals surface area contributed by atoms with Crippen molar-refractivity contribution < 1.29 is 4.39 Å². The maximum absolute atomic E-state index is 13.1. The normalized spacial score (nSPS) is 11.0. The Balaban J connectivity index is 2.16. The van der Waals surface area contributed by atoms with Crippen LogP contribution in [0.3, 0.4) is 0 Å². The molecule has 18 heavy (non-hydrogen) atoms. The number of hydrogen-bond donors (Lipinski definition) is 1. The molecule has 0 atom stereocenters. The Labute approximate surface area is 108 Å². The zero-order valence-corrected chi connectivity index (χ0v) is 10.6. The molecule has 2 aromatic carbocycles. The molecule has 0 aliphatic carbocycles. The first kappa shape index (κ1) is 11.2. The van der Waals surface area contributed by atoms with Gasteiger partial charge in [-0.25, -0.2) is 9.37 Å². The van der Waals surface area contributed by atoms with E-state index in [-0.39, 0.29) is 5.69 Å². The average Bonchev–Trinajstić information content (AvgIpc) is 2.75. The molecule has 0 bridgehead atoms. The fraction of sp³-hybridized carbons (Fsp3) is 0.0714. The Morgan fingerprint density at radius 1 is 1.17 bits per heavy atom. The Bertz CT molecular complexity index is 734. The summed E-state index contributed by atoms with van der Waals surface area (Å²) in [5.74, 6) is -0.393. The van der Waals surface area contributed by atoms with E-state index in [2.05, 4.69) is 18.0 Å². The van der Waals surface area contributed by atoms with Gasteiger partial charge in [-0.1, -0.05) is 6.07 Å². The largest absolute Gasteiger partial charge is 0.396 e. The van der Waals surface area contributed by atoms with Crippen LogP contribution in [-0.2, 0) is 0 Å². The van der Waals surface area contributed by atoms with Crippen molar-refractivity contribution in [1.82, 2.24) is 4.98 Å². The van der Waals surface area contributed by atoms with Gasteiger partial charge in [0.25, 0.3) is 0 Å². The molecule has 0 amide bonds. The molecular weight excluding hydrogens is 247 g/mol. The van der Waals surface area contributed by atoms with E-state index in [0.29, 0.717) is 0 Å². The van der Waals surface area contributed by atoms with Crippen LogP contribution in [0.1, 0.15) is 5.56 Å². The fourth-order valence-corrected chi connectivity index (χ4v) is 2.89. The lowest BCUT2D eigenvalue weighted by molar-refractivity contribution is 0.632. The molecule has 0 aliphatic rings. The van der Waals surface area contributed by atoms with Crippen molar-refractivity contribution in [2.24, 2.45) is 0 Å². The first-order valence-corrected chi connectivity index (χ1v) is 6.38. The molecule has 0 radical (unpaired) electrons. The van der Waals surface area contributed by atoms with Gasteiger partial charge in [-0.15, -0.1) is 11.3 Å². The summed E-state index contributed by atoms with van der Waals surface area (Å²) in [7, 11) is 0. The van der Waals surface area contributed by atoms with Gasteiger partial charge < -0.3 is 5.73 Å². The van der Waals surface area contributed by atoms with Gasteiger partial charge in [0.15, 0.2) is 0 Å². The molecule has 90 valence electrons. The summed E-state index contributed by atoms with van der Waals surface area (Å²) in [6, 6.07) is 10.8. The van der Waals surface area contributed by atoms with Crippen LogP contribution in [0.5, 0.6) is 0 Å². The van der Waals surface area contributed by atoms with Gasteiger partial charge in [0.1, 0.15) is 10.8 Å². The highest BCUT2D eigenvalue weighted by Gasteiger charge is 2.08. The predicted molar refractivity (Wildman–Crippen MR) is 74.2 cm³/mol.